The lowest BCUT2D eigenvalue weighted by Gasteiger charge is -2.31. The first-order chi connectivity index (χ1) is 12.6. The van der Waals surface area contributed by atoms with Crippen LogP contribution in [-0.2, 0) is 0 Å². The Morgan fingerprint density at radius 2 is 1.88 bits per heavy atom. The highest BCUT2D eigenvalue weighted by Crippen LogP contribution is 2.28. The molecule has 1 aliphatic rings. The number of benzene rings is 1. The molecule has 1 fully saturated rings. The maximum absolute atomic E-state index is 12.5. The van der Waals surface area contributed by atoms with Gasteiger partial charge in [-0.25, -0.2) is 4.79 Å². The Balaban J connectivity index is 1.40. The summed E-state index contributed by atoms with van der Waals surface area (Å²) in [7, 11) is 0. The third-order valence-electron chi connectivity index (χ3n) is 4.66. The van der Waals surface area contributed by atoms with Crippen molar-refractivity contribution in [2.24, 2.45) is 0 Å². The second-order valence-corrected chi connectivity index (χ2v) is 7.12. The summed E-state index contributed by atoms with van der Waals surface area (Å²) in [5.41, 5.74) is 1.48. The van der Waals surface area contributed by atoms with E-state index in [1.807, 2.05) is 33.7 Å². The van der Waals surface area contributed by atoms with Gasteiger partial charge >= 0.3 is 6.03 Å². The Hall–Kier alpha value is -2.31. The fraction of sp³-hybridized carbons (Fsp3) is 0.278. The molecular formula is C18H17Cl2N5O. The first-order valence-corrected chi connectivity index (χ1v) is 9.18. The number of urea groups is 1. The topological polar surface area (TPSA) is 62.5 Å². The molecular weight excluding hydrogens is 373 g/mol. The van der Waals surface area contributed by atoms with Crippen LogP contribution < -0.4 is 5.32 Å². The molecule has 1 aromatic carbocycles. The maximum atomic E-state index is 12.5. The van der Waals surface area contributed by atoms with Gasteiger partial charge in [-0.3, -0.25) is 4.40 Å². The number of carbonyl (C=O) groups excluding carboxylic acids is 1. The highest BCUT2D eigenvalue weighted by atomic mass is 35.5. The molecule has 26 heavy (non-hydrogen) atoms. The average Bonchev–Trinajstić information content (AvgIpc) is 3.09. The SMILES string of the molecule is O=C(Nc1ccc(Cl)c(Cl)c1)N1CCC(c2nnc3ccccn23)CC1. The minimum Gasteiger partial charge on any atom is -0.324 e. The molecule has 0 aliphatic carbocycles. The molecule has 0 atom stereocenters. The molecule has 4 rings (SSSR count). The van der Waals surface area contributed by atoms with Gasteiger partial charge in [-0.15, -0.1) is 10.2 Å². The number of nitrogens with zero attached hydrogens (tertiary/aromatic N) is 4. The Morgan fingerprint density at radius 1 is 1.08 bits per heavy atom. The molecule has 1 saturated heterocycles. The van der Waals surface area contributed by atoms with Crippen LogP contribution in [0.4, 0.5) is 10.5 Å². The number of anilines is 1. The number of piperidine rings is 1. The van der Waals surface area contributed by atoms with Crippen LogP contribution in [0.3, 0.4) is 0 Å². The van der Waals surface area contributed by atoms with E-state index >= 15 is 0 Å². The molecule has 2 aromatic heterocycles. The average molecular weight is 390 g/mol. The number of hydrogen-bond donors (Lipinski definition) is 1. The second-order valence-electron chi connectivity index (χ2n) is 6.31. The molecule has 8 heteroatoms. The predicted molar refractivity (Wildman–Crippen MR) is 102 cm³/mol. The van der Waals surface area contributed by atoms with Crippen molar-refractivity contribution in [1.82, 2.24) is 19.5 Å². The minimum absolute atomic E-state index is 0.132. The Morgan fingerprint density at radius 3 is 2.65 bits per heavy atom. The lowest BCUT2D eigenvalue weighted by Crippen LogP contribution is -2.40. The van der Waals surface area contributed by atoms with Crippen molar-refractivity contribution < 1.29 is 4.79 Å². The van der Waals surface area contributed by atoms with Crippen LogP contribution in [0.25, 0.3) is 5.65 Å². The number of rotatable bonds is 2. The van der Waals surface area contributed by atoms with E-state index in [0.29, 0.717) is 34.7 Å². The van der Waals surface area contributed by atoms with Crippen molar-refractivity contribution in [2.45, 2.75) is 18.8 Å². The summed E-state index contributed by atoms with van der Waals surface area (Å²) in [5.74, 6) is 1.26. The molecule has 3 aromatic rings. The smallest absolute Gasteiger partial charge is 0.321 e. The molecule has 1 aliphatic heterocycles. The number of hydrogen-bond acceptors (Lipinski definition) is 3. The number of nitrogens with one attached hydrogen (secondary N) is 1. The van der Waals surface area contributed by atoms with E-state index in [1.165, 1.54) is 0 Å². The van der Waals surface area contributed by atoms with Crippen LogP contribution in [0.2, 0.25) is 10.0 Å². The van der Waals surface area contributed by atoms with Gasteiger partial charge in [0.2, 0.25) is 0 Å². The van der Waals surface area contributed by atoms with Gasteiger partial charge in [0.15, 0.2) is 5.65 Å². The van der Waals surface area contributed by atoms with Gasteiger partial charge in [0.1, 0.15) is 5.82 Å². The lowest BCUT2D eigenvalue weighted by molar-refractivity contribution is 0.193. The van der Waals surface area contributed by atoms with Crippen molar-refractivity contribution in [1.29, 1.82) is 0 Å². The fourth-order valence-corrected chi connectivity index (χ4v) is 3.55. The second kappa shape index (κ2) is 7.13. The van der Waals surface area contributed by atoms with Crippen LogP contribution in [0.15, 0.2) is 42.6 Å². The van der Waals surface area contributed by atoms with Gasteiger partial charge in [0, 0.05) is 30.9 Å². The van der Waals surface area contributed by atoms with Crippen molar-refractivity contribution in [3.8, 4) is 0 Å². The molecule has 6 nitrogen and oxygen atoms in total. The van der Waals surface area contributed by atoms with Gasteiger partial charge in [0.05, 0.1) is 10.0 Å². The quantitative estimate of drug-likeness (QED) is 0.703. The largest absolute Gasteiger partial charge is 0.324 e. The fourth-order valence-electron chi connectivity index (χ4n) is 3.26. The summed E-state index contributed by atoms with van der Waals surface area (Å²) in [6, 6.07) is 10.8. The van der Waals surface area contributed by atoms with Crippen LogP contribution in [-0.4, -0.2) is 38.6 Å². The Labute approximate surface area is 160 Å². The number of fused-ring (bicyclic) bond motifs is 1. The maximum Gasteiger partial charge on any atom is 0.321 e. The standard InChI is InChI=1S/C18H17Cl2N5O/c19-14-5-4-13(11-15(14)20)21-18(26)24-9-6-12(7-10-24)17-23-22-16-3-1-2-8-25(16)17/h1-5,8,11-12H,6-7,9-10H2,(H,21,26). The summed E-state index contributed by atoms with van der Waals surface area (Å²) in [6.45, 7) is 1.33. The zero-order chi connectivity index (χ0) is 18.1. The van der Waals surface area contributed by atoms with E-state index in [4.69, 9.17) is 23.2 Å². The molecule has 0 radical (unpaired) electrons. The number of aromatic nitrogens is 3. The van der Waals surface area contributed by atoms with Crippen molar-refractivity contribution in [3.05, 3.63) is 58.5 Å². The third kappa shape index (κ3) is 3.34. The van der Waals surface area contributed by atoms with Crippen LogP contribution in [0.5, 0.6) is 0 Å². The van der Waals surface area contributed by atoms with Gasteiger partial charge in [-0.1, -0.05) is 29.3 Å². The van der Waals surface area contributed by atoms with Crippen molar-refractivity contribution >= 4 is 40.6 Å². The zero-order valence-corrected chi connectivity index (χ0v) is 15.4. The van der Waals surface area contributed by atoms with E-state index < -0.39 is 0 Å². The summed E-state index contributed by atoms with van der Waals surface area (Å²) in [6.07, 6.45) is 3.68. The Bertz CT molecular complexity index is 950. The van der Waals surface area contributed by atoms with Crippen LogP contribution in [0, 0.1) is 0 Å². The predicted octanol–water partition coefficient (Wildman–Crippen LogP) is 4.45. The summed E-state index contributed by atoms with van der Waals surface area (Å²) in [5, 5.41) is 12.3. The molecule has 134 valence electrons. The molecule has 3 heterocycles. The van der Waals surface area contributed by atoms with Gasteiger partial charge in [-0.2, -0.15) is 0 Å². The highest BCUT2D eigenvalue weighted by molar-refractivity contribution is 6.42. The molecule has 0 unspecified atom stereocenters. The van der Waals surface area contributed by atoms with Gasteiger partial charge < -0.3 is 10.2 Å². The first kappa shape index (κ1) is 17.1. The van der Waals surface area contributed by atoms with Crippen LogP contribution >= 0.6 is 23.2 Å². The van der Waals surface area contributed by atoms with Crippen molar-refractivity contribution in [3.63, 3.8) is 0 Å². The summed E-state index contributed by atoms with van der Waals surface area (Å²) in [4.78, 5) is 14.3. The number of halogens is 2. The molecule has 2 amide bonds. The van der Waals surface area contributed by atoms with Crippen LogP contribution in [0.1, 0.15) is 24.6 Å². The molecule has 0 saturated carbocycles. The van der Waals surface area contributed by atoms with Gasteiger partial charge in [0.25, 0.3) is 0 Å². The molecule has 0 spiro atoms. The summed E-state index contributed by atoms with van der Waals surface area (Å²) >= 11 is 11.9. The number of carbonyl (C=O) groups is 1. The molecule has 0 bridgehead atoms. The van der Waals surface area contributed by atoms with E-state index in [0.717, 1.165) is 24.3 Å². The zero-order valence-electron chi connectivity index (χ0n) is 13.9. The summed E-state index contributed by atoms with van der Waals surface area (Å²) < 4.78 is 2.02. The third-order valence-corrected chi connectivity index (χ3v) is 5.40. The van der Waals surface area contributed by atoms with E-state index in [-0.39, 0.29) is 6.03 Å². The number of amides is 2. The number of likely N-dealkylation sites (tertiary alicyclic amines) is 1. The highest BCUT2D eigenvalue weighted by Gasteiger charge is 2.26. The van der Waals surface area contributed by atoms with Crippen molar-refractivity contribution in [2.75, 3.05) is 18.4 Å². The van der Waals surface area contributed by atoms with E-state index in [9.17, 15) is 4.79 Å². The monoisotopic (exact) mass is 389 g/mol. The first-order valence-electron chi connectivity index (χ1n) is 8.42. The van der Waals surface area contributed by atoms with Gasteiger partial charge in [-0.05, 0) is 43.2 Å². The normalized spacial score (nSPS) is 15.4. The van der Waals surface area contributed by atoms with E-state index in [1.54, 1.807) is 18.2 Å². The minimum atomic E-state index is -0.132. The number of pyridine rings is 1. The Kier molecular flexibility index (Phi) is 4.70. The molecule has 1 N–H and O–H groups in total. The van der Waals surface area contributed by atoms with E-state index in [2.05, 4.69) is 15.5 Å². The lowest BCUT2D eigenvalue weighted by atomic mass is 9.96.